The molecule has 1 atom stereocenters. The van der Waals surface area contributed by atoms with Gasteiger partial charge in [-0.15, -0.1) is 4.91 Å². The number of hydrogen-bond donors (Lipinski definition) is 2. The van der Waals surface area contributed by atoms with Crippen molar-refractivity contribution < 1.29 is 5.11 Å². The molecule has 0 aliphatic heterocycles. The predicted molar refractivity (Wildman–Crippen MR) is 45.6 cm³/mol. The van der Waals surface area contributed by atoms with E-state index in [0.717, 1.165) is 5.56 Å². The largest absolute Gasteiger partial charge is 0.508 e. The number of benzene rings is 1. The molecule has 0 bridgehead atoms. The maximum Gasteiger partial charge on any atom is 0.165 e. The van der Waals surface area contributed by atoms with Gasteiger partial charge in [0.25, 0.3) is 0 Å². The van der Waals surface area contributed by atoms with Crippen LogP contribution in [-0.4, -0.2) is 5.11 Å². The molecule has 4 heteroatoms. The normalized spacial score (nSPS) is 12.5. The zero-order valence-corrected chi connectivity index (χ0v) is 6.69. The van der Waals surface area contributed by atoms with Crippen LogP contribution in [0.25, 0.3) is 0 Å². The number of rotatable bonds is 2. The Labute approximate surface area is 70.0 Å². The lowest BCUT2D eigenvalue weighted by molar-refractivity contribution is 0.474. The molecule has 0 aromatic heterocycles. The minimum absolute atomic E-state index is 0.161. The van der Waals surface area contributed by atoms with Crippen LogP contribution in [0.4, 0.5) is 0 Å². The molecule has 0 radical (unpaired) electrons. The van der Waals surface area contributed by atoms with Crippen molar-refractivity contribution in [2.75, 3.05) is 0 Å². The van der Waals surface area contributed by atoms with E-state index in [2.05, 4.69) is 5.18 Å². The van der Waals surface area contributed by atoms with E-state index in [4.69, 9.17) is 10.8 Å². The topological polar surface area (TPSA) is 75.7 Å². The van der Waals surface area contributed by atoms with Crippen LogP contribution in [0.5, 0.6) is 5.75 Å². The highest BCUT2D eigenvalue weighted by Gasteiger charge is 2.08. The lowest BCUT2D eigenvalue weighted by Crippen LogP contribution is -2.07. The van der Waals surface area contributed by atoms with Gasteiger partial charge in [-0.3, -0.25) is 0 Å². The van der Waals surface area contributed by atoms with Crippen LogP contribution < -0.4 is 5.73 Å². The van der Waals surface area contributed by atoms with Crippen molar-refractivity contribution >= 4 is 0 Å². The number of aryl methyl sites for hydroxylation is 1. The molecule has 1 rings (SSSR count). The molecule has 0 saturated carbocycles. The van der Waals surface area contributed by atoms with Gasteiger partial charge < -0.3 is 10.8 Å². The van der Waals surface area contributed by atoms with E-state index in [1.807, 2.05) is 0 Å². The first-order valence-electron chi connectivity index (χ1n) is 3.52. The van der Waals surface area contributed by atoms with Gasteiger partial charge in [0.15, 0.2) is 6.17 Å². The zero-order valence-electron chi connectivity index (χ0n) is 6.69. The monoisotopic (exact) mass is 166 g/mol. The fraction of sp³-hybridized carbons (Fsp3) is 0.250. The van der Waals surface area contributed by atoms with Crippen molar-refractivity contribution in [3.63, 3.8) is 0 Å². The summed E-state index contributed by atoms with van der Waals surface area (Å²) in [6.07, 6.45) is -0.842. The number of nitrogens with zero attached hydrogens (tertiary/aromatic N) is 1. The van der Waals surface area contributed by atoms with E-state index in [0.29, 0.717) is 5.56 Å². The fourth-order valence-corrected chi connectivity index (χ4v) is 1.05. The van der Waals surface area contributed by atoms with E-state index < -0.39 is 6.17 Å². The van der Waals surface area contributed by atoms with E-state index in [-0.39, 0.29) is 5.75 Å². The number of phenolic OH excluding ortho intramolecular Hbond substituents is 1. The molecule has 0 spiro atoms. The van der Waals surface area contributed by atoms with Crippen molar-refractivity contribution in [3.8, 4) is 5.75 Å². The summed E-state index contributed by atoms with van der Waals surface area (Å²) in [7, 11) is 0. The van der Waals surface area contributed by atoms with Gasteiger partial charge in [0.1, 0.15) is 5.75 Å². The standard InChI is InChI=1S/C8H10N2O2/c1-5-4-6(11)2-3-7(5)8(9)10-12/h2-4,8,11H,9H2,1H3. The molecule has 0 aliphatic carbocycles. The quantitative estimate of drug-likeness (QED) is 0.652. The summed E-state index contributed by atoms with van der Waals surface area (Å²) in [6.45, 7) is 1.76. The number of nitrogens with two attached hydrogens (primary N) is 1. The van der Waals surface area contributed by atoms with Gasteiger partial charge in [-0.2, -0.15) is 0 Å². The summed E-state index contributed by atoms with van der Waals surface area (Å²) >= 11 is 0. The van der Waals surface area contributed by atoms with E-state index in [9.17, 15) is 4.91 Å². The van der Waals surface area contributed by atoms with Crippen LogP contribution in [0.3, 0.4) is 0 Å². The first-order valence-corrected chi connectivity index (χ1v) is 3.52. The Hall–Kier alpha value is -1.42. The second-order valence-corrected chi connectivity index (χ2v) is 2.59. The Morgan fingerprint density at radius 2 is 2.25 bits per heavy atom. The van der Waals surface area contributed by atoms with Crippen LogP contribution in [0.1, 0.15) is 17.3 Å². The average Bonchev–Trinajstić information content (AvgIpc) is 2.03. The van der Waals surface area contributed by atoms with Gasteiger partial charge in [0.05, 0.1) is 0 Å². The van der Waals surface area contributed by atoms with E-state index in [1.165, 1.54) is 6.07 Å². The molecule has 1 unspecified atom stereocenters. The summed E-state index contributed by atoms with van der Waals surface area (Å²) in [4.78, 5) is 10.1. The van der Waals surface area contributed by atoms with Crippen LogP contribution in [0.15, 0.2) is 23.4 Å². The highest BCUT2D eigenvalue weighted by atomic mass is 16.3. The fourth-order valence-electron chi connectivity index (χ4n) is 1.05. The molecule has 1 aromatic carbocycles. The second kappa shape index (κ2) is 3.32. The van der Waals surface area contributed by atoms with Gasteiger partial charge in [0, 0.05) is 0 Å². The summed E-state index contributed by atoms with van der Waals surface area (Å²) in [5.74, 6) is 0.161. The van der Waals surface area contributed by atoms with Crippen LogP contribution in [-0.2, 0) is 0 Å². The van der Waals surface area contributed by atoms with Gasteiger partial charge in [0.2, 0.25) is 0 Å². The van der Waals surface area contributed by atoms with Gasteiger partial charge in [-0.1, -0.05) is 6.07 Å². The van der Waals surface area contributed by atoms with Crippen LogP contribution >= 0.6 is 0 Å². The molecule has 64 valence electrons. The molecule has 1 aromatic rings. The predicted octanol–water partition coefficient (Wildman–Crippen LogP) is 1.42. The SMILES string of the molecule is Cc1cc(O)ccc1C(N)N=O. The summed E-state index contributed by atoms with van der Waals surface area (Å²) in [5, 5.41) is 11.7. The average molecular weight is 166 g/mol. The molecular formula is C8H10N2O2. The third-order valence-electron chi connectivity index (χ3n) is 1.69. The number of hydrogen-bond acceptors (Lipinski definition) is 4. The molecular weight excluding hydrogens is 156 g/mol. The zero-order chi connectivity index (χ0) is 9.14. The van der Waals surface area contributed by atoms with Crippen molar-refractivity contribution in [1.82, 2.24) is 0 Å². The highest BCUT2D eigenvalue weighted by Crippen LogP contribution is 2.20. The Balaban J connectivity index is 3.09. The lowest BCUT2D eigenvalue weighted by atomic mass is 10.1. The molecule has 0 heterocycles. The molecule has 12 heavy (non-hydrogen) atoms. The second-order valence-electron chi connectivity index (χ2n) is 2.59. The van der Waals surface area contributed by atoms with Crippen molar-refractivity contribution in [2.45, 2.75) is 13.1 Å². The Morgan fingerprint density at radius 3 is 2.75 bits per heavy atom. The Kier molecular flexibility index (Phi) is 2.40. The molecule has 0 aliphatic rings. The summed E-state index contributed by atoms with van der Waals surface area (Å²) < 4.78 is 0. The molecule has 0 amide bonds. The van der Waals surface area contributed by atoms with Crippen molar-refractivity contribution in [1.29, 1.82) is 0 Å². The number of phenols is 1. The summed E-state index contributed by atoms with van der Waals surface area (Å²) in [5.41, 5.74) is 6.79. The minimum Gasteiger partial charge on any atom is -0.508 e. The highest BCUT2D eigenvalue weighted by molar-refractivity contribution is 5.35. The van der Waals surface area contributed by atoms with Crippen molar-refractivity contribution in [2.24, 2.45) is 10.9 Å². The molecule has 0 saturated heterocycles. The third-order valence-corrected chi connectivity index (χ3v) is 1.69. The maximum absolute atomic E-state index is 10.1. The van der Waals surface area contributed by atoms with E-state index in [1.54, 1.807) is 19.1 Å². The first kappa shape index (κ1) is 8.67. The van der Waals surface area contributed by atoms with Crippen LogP contribution in [0, 0.1) is 11.8 Å². The Morgan fingerprint density at radius 1 is 1.58 bits per heavy atom. The third kappa shape index (κ3) is 1.60. The van der Waals surface area contributed by atoms with Gasteiger partial charge in [-0.25, -0.2) is 0 Å². The molecule has 3 N–H and O–H groups in total. The smallest absolute Gasteiger partial charge is 0.165 e. The number of aromatic hydroxyl groups is 1. The first-order chi connectivity index (χ1) is 5.65. The van der Waals surface area contributed by atoms with Gasteiger partial charge >= 0.3 is 0 Å². The molecule has 0 fully saturated rings. The number of nitroso groups, excluding NO2 is 1. The Bertz CT molecular complexity index is 299. The van der Waals surface area contributed by atoms with Crippen molar-refractivity contribution in [3.05, 3.63) is 34.2 Å². The maximum atomic E-state index is 10.1. The van der Waals surface area contributed by atoms with Crippen LogP contribution in [0.2, 0.25) is 0 Å². The van der Waals surface area contributed by atoms with Gasteiger partial charge in [-0.05, 0) is 35.4 Å². The lowest BCUT2D eigenvalue weighted by Gasteiger charge is -2.06. The summed E-state index contributed by atoms with van der Waals surface area (Å²) in [6, 6.07) is 4.62. The molecule has 4 nitrogen and oxygen atoms in total. The minimum atomic E-state index is -0.842. The van der Waals surface area contributed by atoms with E-state index >= 15 is 0 Å².